The van der Waals surface area contributed by atoms with E-state index in [1.165, 1.54) is 5.56 Å². The van der Waals surface area contributed by atoms with Crippen molar-refractivity contribution in [1.29, 1.82) is 0 Å². The van der Waals surface area contributed by atoms with Crippen molar-refractivity contribution < 1.29 is 9.47 Å². The number of nitrogens with two attached hydrogens (primary N) is 1. The van der Waals surface area contributed by atoms with Crippen molar-refractivity contribution in [2.24, 2.45) is 11.7 Å². The lowest BCUT2D eigenvalue weighted by atomic mass is 10.00. The molecule has 0 radical (unpaired) electrons. The van der Waals surface area contributed by atoms with Crippen molar-refractivity contribution in [2.75, 3.05) is 33.4 Å². The minimum absolute atomic E-state index is 0.298. The molecule has 2 heterocycles. The van der Waals surface area contributed by atoms with E-state index in [4.69, 9.17) is 15.2 Å². The predicted octanol–water partition coefficient (Wildman–Crippen LogP) is 2.20. The molecule has 0 amide bonds. The van der Waals surface area contributed by atoms with E-state index in [2.05, 4.69) is 36.2 Å². The van der Waals surface area contributed by atoms with Gasteiger partial charge in [0.1, 0.15) is 11.9 Å². The van der Waals surface area contributed by atoms with E-state index >= 15 is 0 Å². The van der Waals surface area contributed by atoms with Gasteiger partial charge in [0.05, 0.1) is 13.2 Å². The van der Waals surface area contributed by atoms with Crippen molar-refractivity contribution >= 4 is 0 Å². The summed E-state index contributed by atoms with van der Waals surface area (Å²) in [6.45, 7) is 3.49. The standard InChI is InChI=1S/C17H26N2O2/c1-19-12-13(11-18)9-17(19)14-3-2-4-16(10-14)21-15-5-7-20-8-6-15/h2-4,10,13,15,17H,5-9,11-12,18H2,1H3. The highest BCUT2D eigenvalue weighted by Crippen LogP contribution is 2.35. The summed E-state index contributed by atoms with van der Waals surface area (Å²) in [5.41, 5.74) is 7.17. The van der Waals surface area contributed by atoms with Gasteiger partial charge in [-0.2, -0.15) is 0 Å². The van der Waals surface area contributed by atoms with E-state index in [0.717, 1.165) is 51.3 Å². The molecule has 2 saturated heterocycles. The summed E-state index contributed by atoms with van der Waals surface area (Å²) in [6, 6.07) is 9.05. The molecule has 0 aliphatic carbocycles. The molecule has 21 heavy (non-hydrogen) atoms. The van der Waals surface area contributed by atoms with E-state index in [-0.39, 0.29) is 0 Å². The van der Waals surface area contributed by atoms with Gasteiger partial charge < -0.3 is 15.2 Å². The zero-order valence-corrected chi connectivity index (χ0v) is 12.8. The molecule has 2 atom stereocenters. The molecule has 2 fully saturated rings. The molecule has 0 bridgehead atoms. The van der Waals surface area contributed by atoms with E-state index in [1.807, 2.05) is 0 Å². The Hall–Kier alpha value is -1.10. The van der Waals surface area contributed by atoms with Gasteiger partial charge in [0.2, 0.25) is 0 Å². The third-order valence-electron chi connectivity index (χ3n) is 4.68. The molecule has 2 N–H and O–H groups in total. The summed E-state index contributed by atoms with van der Waals surface area (Å²) < 4.78 is 11.5. The molecular weight excluding hydrogens is 264 g/mol. The van der Waals surface area contributed by atoms with E-state index < -0.39 is 0 Å². The maximum Gasteiger partial charge on any atom is 0.120 e. The van der Waals surface area contributed by atoms with Crippen LogP contribution in [0.1, 0.15) is 30.9 Å². The fraction of sp³-hybridized carbons (Fsp3) is 0.647. The second-order valence-corrected chi connectivity index (χ2v) is 6.29. The average Bonchev–Trinajstić information content (AvgIpc) is 2.90. The lowest BCUT2D eigenvalue weighted by Gasteiger charge is -2.24. The number of hydrogen-bond donors (Lipinski definition) is 1. The van der Waals surface area contributed by atoms with Crippen molar-refractivity contribution in [3.05, 3.63) is 29.8 Å². The number of nitrogens with zero attached hydrogens (tertiary/aromatic N) is 1. The number of hydrogen-bond acceptors (Lipinski definition) is 4. The zero-order chi connectivity index (χ0) is 14.7. The van der Waals surface area contributed by atoms with Gasteiger partial charge in [0.15, 0.2) is 0 Å². The Bertz CT molecular complexity index is 460. The Morgan fingerprint density at radius 3 is 2.86 bits per heavy atom. The van der Waals surface area contributed by atoms with Crippen molar-refractivity contribution in [2.45, 2.75) is 31.4 Å². The van der Waals surface area contributed by atoms with Crippen LogP contribution in [0.3, 0.4) is 0 Å². The van der Waals surface area contributed by atoms with Crippen LogP contribution in [0.25, 0.3) is 0 Å². The van der Waals surface area contributed by atoms with E-state index in [1.54, 1.807) is 0 Å². The van der Waals surface area contributed by atoms with Gasteiger partial charge in [0, 0.05) is 25.4 Å². The van der Waals surface area contributed by atoms with E-state index in [0.29, 0.717) is 18.1 Å². The van der Waals surface area contributed by atoms with Crippen LogP contribution >= 0.6 is 0 Å². The fourth-order valence-corrected chi connectivity index (χ4v) is 3.45. The second kappa shape index (κ2) is 6.77. The van der Waals surface area contributed by atoms with Crippen LogP contribution in [0.2, 0.25) is 0 Å². The summed E-state index contributed by atoms with van der Waals surface area (Å²) in [6.07, 6.45) is 3.42. The topological polar surface area (TPSA) is 47.7 Å². The normalized spacial score (nSPS) is 27.9. The van der Waals surface area contributed by atoms with Gasteiger partial charge in [-0.15, -0.1) is 0 Å². The Morgan fingerprint density at radius 1 is 1.33 bits per heavy atom. The third-order valence-corrected chi connectivity index (χ3v) is 4.68. The Morgan fingerprint density at radius 2 is 2.14 bits per heavy atom. The molecule has 0 spiro atoms. The van der Waals surface area contributed by atoms with Crippen LogP contribution in [-0.2, 0) is 4.74 Å². The highest BCUT2D eigenvalue weighted by molar-refractivity contribution is 5.31. The van der Waals surface area contributed by atoms with Gasteiger partial charge in [-0.1, -0.05) is 12.1 Å². The Balaban J connectivity index is 1.68. The lowest BCUT2D eigenvalue weighted by molar-refractivity contribution is 0.0255. The smallest absolute Gasteiger partial charge is 0.120 e. The van der Waals surface area contributed by atoms with Crippen LogP contribution in [-0.4, -0.2) is 44.4 Å². The molecule has 4 nitrogen and oxygen atoms in total. The van der Waals surface area contributed by atoms with Gasteiger partial charge in [-0.3, -0.25) is 4.90 Å². The third kappa shape index (κ3) is 3.57. The fourth-order valence-electron chi connectivity index (χ4n) is 3.45. The van der Waals surface area contributed by atoms with Crippen LogP contribution in [0.5, 0.6) is 5.75 Å². The van der Waals surface area contributed by atoms with Crippen LogP contribution in [0.4, 0.5) is 0 Å². The molecule has 2 aliphatic rings. The summed E-state index contributed by atoms with van der Waals surface area (Å²) in [5, 5.41) is 0. The molecule has 116 valence electrons. The molecule has 2 unspecified atom stereocenters. The SMILES string of the molecule is CN1CC(CN)CC1c1cccc(OC2CCOCC2)c1. The maximum atomic E-state index is 6.12. The van der Waals surface area contributed by atoms with Crippen molar-refractivity contribution in [1.82, 2.24) is 4.90 Å². The Kier molecular flexibility index (Phi) is 4.78. The summed E-state index contributed by atoms with van der Waals surface area (Å²) in [4.78, 5) is 2.41. The molecule has 4 heteroatoms. The van der Waals surface area contributed by atoms with E-state index in [9.17, 15) is 0 Å². The van der Waals surface area contributed by atoms with Gasteiger partial charge >= 0.3 is 0 Å². The van der Waals surface area contributed by atoms with Crippen LogP contribution in [0, 0.1) is 5.92 Å². The van der Waals surface area contributed by atoms with Gasteiger partial charge in [0.25, 0.3) is 0 Å². The molecule has 1 aromatic carbocycles. The highest BCUT2D eigenvalue weighted by atomic mass is 16.5. The number of likely N-dealkylation sites (tertiary alicyclic amines) is 1. The monoisotopic (exact) mass is 290 g/mol. The summed E-state index contributed by atoms with van der Waals surface area (Å²) in [7, 11) is 2.19. The molecule has 1 aromatic rings. The first-order chi connectivity index (χ1) is 10.3. The Labute approximate surface area is 127 Å². The molecule has 0 saturated carbocycles. The average molecular weight is 290 g/mol. The molecule has 0 aromatic heterocycles. The summed E-state index contributed by atoms with van der Waals surface area (Å²) >= 11 is 0. The molecular formula is C17H26N2O2. The van der Waals surface area contributed by atoms with Crippen molar-refractivity contribution in [3.8, 4) is 5.75 Å². The minimum atomic E-state index is 0.298. The molecule has 3 rings (SSSR count). The zero-order valence-electron chi connectivity index (χ0n) is 12.8. The number of rotatable bonds is 4. The van der Waals surface area contributed by atoms with Crippen LogP contribution in [0.15, 0.2) is 24.3 Å². The van der Waals surface area contributed by atoms with Crippen LogP contribution < -0.4 is 10.5 Å². The molecule has 2 aliphatic heterocycles. The first-order valence-electron chi connectivity index (χ1n) is 8.01. The minimum Gasteiger partial charge on any atom is -0.490 e. The largest absolute Gasteiger partial charge is 0.490 e. The first kappa shape index (κ1) is 14.8. The van der Waals surface area contributed by atoms with Gasteiger partial charge in [-0.25, -0.2) is 0 Å². The maximum absolute atomic E-state index is 6.12. The lowest BCUT2D eigenvalue weighted by Crippen LogP contribution is -2.26. The number of benzene rings is 1. The summed E-state index contributed by atoms with van der Waals surface area (Å²) in [5.74, 6) is 1.60. The highest BCUT2D eigenvalue weighted by Gasteiger charge is 2.29. The quantitative estimate of drug-likeness (QED) is 0.923. The second-order valence-electron chi connectivity index (χ2n) is 6.29. The van der Waals surface area contributed by atoms with Gasteiger partial charge in [-0.05, 0) is 43.6 Å². The number of ether oxygens (including phenoxy) is 2. The van der Waals surface area contributed by atoms with Crippen molar-refractivity contribution in [3.63, 3.8) is 0 Å². The predicted molar refractivity (Wildman–Crippen MR) is 83.4 cm³/mol. The first-order valence-corrected chi connectivity index (χ1v) is 8.01.